The van der Waals surface area contributed by atoms with Gasteiger partial charge < -0.3 is 4.74 Å². The molecular formula is C19H16FNO. The first-order valence-corrected chi connectivity index (χ1v) is 7.23. The van der Waals surface area contributed by atoms with E-state index in [4.69, 9.17) is 4.74 Å². The monoisotopic (exact) mass is 293 g/mol. The molecule has 0 unspecified atom stereocenters. The van der Waals surface area contributed by atoms with Gasteiger partial charge in [0.25, 0.3) is 0 Å². The van der Waals surface area contributed by atoms with Crippen molar-refractivity contribution >= 4 is 0 Å². The van der Waals surface area contributed by atoms with Gasteiger partial charge >= 0.3 is 0 Å². The van der Waals surface area contributed by atoms with E-state index in [2.05, 4.69) is 18.0 Å². The number of nitrogens with zero attached hydrogens (tertiary/aromatic N) is 1. The zero-order valence-electron chi connectivity index (χ0n) is 12.3. The number of rotatable bonds is 4. The second kappa shape index (κ2) is 6.39. The minimum absolute atomic E-state index is 0.274. The zero-order chi connectivity index (χ0) is 15.4. The van der Waals surface area contributed by atoms with Crippen LogP contribution >= 0.6 is 0 Å². The van der Waals surface area contributed by atoms with Crippen molar-refractivity contribution in [1.29, 1.82) is 0 Å². The van der Waals surface area contributed by atoms with E-state index in [-0.39, 0.29) is 5.82 Å². The highest BCUT2D eigenvalue weighted by atomic mass is 19.1. The third kappa shape index (κ3) is 3.31. The van der Waals surface area contributed by atoms with E-state index in [9.17, 15) is 4.39 Å². The molecule has 3 aromatic rings. The van der Waals surface area contributed by atoms with Crippen molar-refractivity contribution < 1.29 is 9.13 Å². The summed E-state index contributed by atoms with van der Waals surface area (Å²) < 4.78 is 18.5. The predicted octanol–water partition coefficient (Wildman–Crippen LogP) is 5.24. The lowest BCUT2D eigenvalue weighted by atomic mass is 10.1. The molecule has 0 amide bonds. The Hall–Kier alpha value is -2.68. The Morgan fingerprint density at radius 1 is 0.909 bits per heavy atom. The Labute approximate surface area is 129 Å². The average molecular weight is 293 g/mol. The van der Waals surface area contributed by atoms with Crippen LogP contribution in [-0.2, 0) is 6.42 Å². The quantitative estimate of drug-likeness (QED) is 0.656. The largest absolute Gasteiger partial charge is 0.457 e. The van der Waals surface area contributed by atoms with Crippen molar-refractivity contribution in [2.24, 2.45) is 0 Å². The van der Waals surface area contributed by atoms with Crippen molar-refractivity contribution in [3.8, 4) is 22.8 Å². The maximum absolute atomic E-state index is 12.9. The first kappa shape index (κ1) is 14.3. The van der Waals surface area contributed by atoms with Crippen LogP contribution in [0.1, 0.15) is 12.5 Å². The minimum atomic E-state index is -0.274. The summed E-state index contributed by atoms with van der Waals surface area (Å²) >= 11 is 0. The van der Waals surface area contributed by atoms with E-state index in [1.165, 1.54) is 17.7 Å². The molecule has 2 nitrogen and oxygen atoms in total. The molecule has 0 saturated heterocycles. The van der Waals surface area contributed by atoms with Crippen molar-refractivity contribution in [3.63, 3.8) is 0 Å². The SMILES string of the molecule is CCc1ccnc(-c2ccc(Oc3ccc(F)cc3)cc2)c1. The van der Waals surface area contributed by atoms with Gasteiger partial charge in [-0.3, -0.25) is 4.98 Å². The van der Waals surface area contributed by atoms with Gasteiger partial charge in [0.1, 0.15) is 17.3 Å². The first-order valence-electron chi connectivity index (χ1n) is 7.23. The van der Waals surface area contributed by atoms with E-state index in [1.807, 2.05) is 36.5 Å². The fourth-order valence-electron chi connectivity index (χ4n) is 2.18. The van der Waals surface area contributed by atoms with Gasteiger partial charge in [0.2, 0.25) is 0 Å². The van der Waals surface area contributed by atoms with Crippen LogP contribution in [0.15, 0.2) is 66.9 Å². The number of halogens is 1. The number of aryl methyl sites for hydroxylation is 1. The number of hydrogen-bond donors (Lipinski definition) is 0. The molecule has 2 aromatic carbocycles. The predicted molar refractivity (Wildman–Crippen MR) is 85.5 cm³/mol. The van der Waals surface area contributed by atoms with Crippen molar-refractivity contribution in [1.82, 2.24) is 4.98 Å². The van der Waals surface area contributed by atoms with E-state index < -0.39 is 0 Å². The zero-order valence-corrected chi connectivity index (χ0v) is 12.3. The molecular weight excluding hydrogens is 277 g/mol. The molecule has 1 aromatic heterocycles. The maximum Gasteiger partial charge on any atom is 0.127 e. The van der Waals surface area contributed by atoms with Crippen molar-refractivity contribution in [2.45, 2.75) is 13.3 Å². The highest BCUT2D eigenvalue weighted by Gasteiger charge is 2.02. The summed E-state index contributed by atoms with van der Waals surface area (Å²) in [5.41, 5.74) is 3.26. The molecule has 1 heterocycles. The Morgan fingerprint density at radius 2 is 1.55 bits per heavy atom. The fraction of sp³-hybridized carbons (Fsp3) is 0.105. The summed E-state index contributed by atoms with van der Waals surface area (Å²) in [6.07, 6.45) is 2.82. The third-order valence-corrected chi connectivity index (χ3v) is 3.43. The van der Waals surface area contributed by atoms with Crippen LogP contribution in [0, 0.1) is 5.82 Å². The lowest BCUT2D eigenvalue weighted by Gasteiger charge is -2.07. The molecule has 0 spiro atoms. The van der Waals surface area contributed by atoms with Gasteiger partial charge in [-0.15, -0.1) is 0 Å². The summed E-state index contributed by atoms with van der Waals surface area (Å²) in [4.78, 5) is 4.40. The summed E-state index contributed by atoms with van der Waals surface area (Å²) in [7, 11) is 0. The normalized spacial score (nSPS) is 10.5. The first-order chi connectivity index (χ1) is 10.7. The topological polar surface area (TPSA) is 22.1 Å². The molecule has 0 aliphatic rings. The smallest absolute Gasteiger partial charge is 0.127 e. The number of ether oxygens (including phenoxy) is 1. The molecule has 0 bridgehead atoms. The molecule has 22 heavy (non-hydrogen) atoms. The van der Waals surface area contributed by atoms with Gasteiger partial charge in [-0.2, -0.15) is 0 Å². The molecule has 0 N–H and O–H groups in total. The van der Waals surface area contributed by atoms with Crippen LogP contribution in [0.25, 0.3) is 11.3 Å². The number of pyridine rings is 1. The summed E-state index contributed by atoms with van der Waals surface area (Å²) in [5, 5.41) is 0. The summed E-state index contributed by atoms with van der Waals surface area (Å²) in [6, 6.07) is 17.8. The molecule has 0 atom stereocenters. The van der Waals surface area contributed by atoms with Crippen molar-refractivity contribution in [3.05, 3.63) is 78.2 Å². The molecule has 0 saturated carbocycles. The molecule has 0 aliphatic heterocycles. The van der Waals surface area contributed by atoms with E-state index in [1.54, 1.807) is 12.1 Å². The Balaban J connectivity index is 1.78. The number of hydrogen-bond acceptors (Lipinski definition) is 2. The minimum Gasteiger partial charge on any atom is -0.457 e. The molecule has 3 heteroatoms. The van der Waals surface area contributed by atoms with Gasteiger partial charge in [0.15, 0.2) is 0 Å². The fourth-order valence-corrected chi connectivity index (χ4v) is 2.18. The second-order valence-electron chi connectivity index (χ2n) is 4.98. The Kier molecular flexibility index (Phi) is 4.15. The van der Waals surface area contributed by atoms with E-state index in [0.29, 0.717) is 11.5 Å². The highest BCUT2D eigenvalue weighted by Crippen LogP contribution is 2.25. The molecule has 3 rings (SSSR count). The lowest BCUT2D eigenvalue weighted by Crippen LogP contribution is -1.88. The Bertz CT molecular complexity index is 751. The lowest BCUT2D eigenvalue weighted by molar-refractivity contribution is 0.480. The van der Waals surface area contributed by atoms with Crippen LogP contribution in [-0.4, -0.2) is 4.98 Å². The van der Waals surface area contributed by atoms with Crippen LogP contribution < -0.4 is 4.74 Å². The summed E-state index contributed by atoms with van der Waals surface area (Å²) in [5.74, 6) is 1.05. The highest BCUT2D eigenvalue weighted by molar-refractivity contribution is 5.60. The van der Waals surface area contributed by atoms with Gasteiger partial charge in [-0.05, 0) is 72.6 Å². The van der Waals surface area contributed by atoms with Crippen LogP contribution in [0.5, 0.6) is 11.5 Å². The average Bonchev–Trinajstić information content (AvgIpc) is 2.58. The molecule has 0 radical (unpaired) electrons. The van der Waals surface area contributed by atoms with Gasteiger partial charge in [0, 0.05) is 11.8 Å². The van der Waals surface area contributed by atoms with Crippen LogP contribution in [0.4, 0.5) is 4.39 Å². The third-order valence-electron chi connectivity index (χ3n) is 3.43. The van der Waals surface area contributed by atoms with E-state index >= 15 is 0 Å². The molecule has 0 aliphatic carbocycles. The molecule has 110 valence electrons. The van der Waals surface area contributed by atoms with Crippen LogP contribution in [0.3, 0.4) is 0 Å². The number of aromatic nitrogens is 1. The van der Waals surface area contributed by atoms with Gasteiger partial charge in [-0.25, -0.2) is 4.39 Å². The van der Waals surface area contributed by atoms with Gasteiger partial charge in [-0.1, -0.05) is 6.92 Å². The standard InChI is InChI=1S/C19H16FNO/c1-2-14-11-12-21-19(13-14)15-3-7-17(8-4-15)22-18-9-5-16(20)6-10-18/h3-13H,2H2,1H3. The van der Waals surface area contributed by atoms with Crippen molar-refractivity contribution in [2.75, 3.05) is 0 Å². The Morgan fingerprint density at radius 3 is 2.18 bits per heavy atom. The molecule has 0 fully saturated rings. The van der Waals surface area contributed by atoms with Crippen LogP contribution in [0.2, 0.25) is 0 Å². The summed E-state index contributed by atoms with van der Waals surface area (Å²) in [6.45, 7) is 2.12. The van der Waals surface area contributed by atoms with E-state index in [0.717, 1.165) is 17.7 Å². The second-order valence-corrected chi connectivity index (χ2v) is 4.98. The van der Waals surface area contributed by atoms with Gasteiger partial charge in [0.05, 0.1) is 5.69 Å². The maximum atomic E-state index is 12.9. The number of benzene rings is 2.